The van der Waals surface area contributed by atoms with Crippen LogP contribution in [0.25, 0.3) is 0 Å². The quantitative estimate of drug-likeness (QED) is 0.664. The SMILES string of the molecule is CC(=O)N1CC(C)C1.CC(=O)N1CC(F)C1.CC(=O)N1CCC1. The van der Waals surface area contributed by atoms with Crippen LogP contribution in [0.4, 0.5) is 4.39 Å². The lowest BCUT2D eigenvalue weighted by atomic mass is 10.0. The maximum atomic E-state index is 11.9. The number of hydrogen-bond donors (Lipinski definition) is 0. The normalized spacial score (nSPS) is 20.0. The predicted octanol–water partition coefficient (Wildman–Crippen LogP) is 0.910. The van der Waals surface area contributed by atoms with E-state index in [0.717, 1.165) is 32.1 Å². The first kappa shape index (κ1) is 19.4. The van der Waals surface area contributed by atoms with Gasteiger partial charge >= 0.3 is 0 Å². The zero-order valence-electron chi connectivity index (χ0n) is 14.5. The van der Waals surface area contributed by atoms with Gasteiger partial charge in [0.2, 0.25) is 17.7 Å². The second kappa shape index (κ2) is 8.84. The Balaban J connectivity index is 0.000000173. The lowest BCUT2D eigenvalue weighted by Gasteiger charge is -2.36. The van der Waals surface area contributed by atoms with Gasteiger partial charge in [-0.05, 0) is 12.3 Å². The van der Waals surface area contributed by atoms with Crippen molar-refractivity contribution in [3.8, 4) is 0 Å². The van der Waals surface area contributed by atoms with Gasteiger partial charge in [0.15, 0.2) is 0 Å². The summed E-state index contributed by atoms with van der Waals surface area (Å²) in [5.41, 5.74) is 0. The first-order valence-electron chi connectivity index (χ1n) is 8.11. The molecular formula is C16H28FN3O3. The molecule has 3 rings (SSSR count). The van der Waals surface area contributed by atoms with Gasteiger partial charge in [-0.15, -0.1) is 0 Å². The lowest BCUT2D eigenvalue weighted by molar-refractivity contribution is -0.136. The Labute approximate surface area is 137 Å². The Morgan fingerprint density at radius 3 is 1.26 bits per heavy atom. The average molecular weight is 329 g/mol. The van der Waals surface area contributed by atoms with Crippen LogP contribution in [-0.2, 0) is 14.4 Å². The van der Waals surface area contributed by atoms with Gasteiger partial charge in [0.1, 0.15) is 6.17 Å². The number of hydrogen-bond acceptors (Lipinski definition) is 3. The van der Waals surface area contributed by atoms with Crippen LogP contribution in [-0.4, -0.2) is 77.9 Å². The number of rotatable bonds is 0. The van der Waals surface area contributed by atoms with Crippen LogP contribution in [0.5, 0.6) is 0 Å². The predicted molar refractivity (Wildman–Crippen MR) is 85.4 cm³/mol. The van der Waals surface area contributed by atoms with Gasteiger partial charge in [-0.3, -0.25) is 14.4 Å². The standard InChI is InChI=1S/C6H11NO.C5H8FNO.C5H9NO/c1-5-3-7(4-5)6(2)8;1-4(8)7-2-5(6)3-7;1-5(7)6-3-2-4-6/h5H,3-4H2,1-2H3;5H,2-3H2,1H3;2-4H2,1H3. The van der Waals surface area contributed by atoms with E-state index in [-0.39, 0.29) is 17.7 Å². The summed E-state index contributed by atoms with van der Waals surface area (Å²) in [4.78, 5) is 36.3. The highest BCUT2D eigenvalue weighted by Crippen LogP contribution is 2.13. The van der Waals surface area contributed by atoms with Gasteiger partial charge in [-0.1, -0.05) is 6.92 Å². The Hall–Kier alpha value is -1.66. The molecule has 132 valence electrons. The van der Waals surface area contributed by atoms with E-state index in [4.69, 9.17) is 0 Å². The van der Waals surface area contributed by atoms with Crippen LogP contribution < -0.4 is 0 Å². The number of carbonyl (C=O) groups excluding carboxylic acids is 3. The molecule has 23 heavy (non-hydrogen) atoms. The second-order valence-electron chi connectivity index (χ2n) is 6.41. The highest BCUT2D eigenvalue weighted by molar-refractivity contribution is 5.74. The van der Waals surface area contributed by atoms with Gasteiger partial charge in [0.25, 0.3) is 0 Å². The molecule has 0 aromatic rings. The van der Waals surface area contributed by atoms with Crippen molar-refractivity contribution in [1.82, 2.24) is 14.7 Å². The molecule has 3 aliphatic heterocycles. The molecule has 3 saturated heterocycles. The fraction of sp³-hybridized carbons (Fsp3) is 0.812. The van der Waals surface area contributed by atoms with Crippen LogP contribution in [0.1, 0.15) is 34.1 Å². The van der Waals surface area contributed by atoms with Crippen molar-refractivity contribution in [2.24, 2.45) is 5.92 Å². The summed E-state index contributed by atoms with van der Waals surface area (Å²) >= 11 is 0. The molecule has 0 spiro atoms. The molecular weight excluding hydrogens is 301 g/mol. The molecule has 0 N–H and O–H groups in total. The minimum atomic E-state index is -0.765. The summed E-state index contributed by atoms with van der Waals surface area (Å²) in [5.74, 6) is 1.13. The molecule has 0 aromatic heterocycles. The molecule has 3 fully saturated rings. The van der Waals surface area contributed by atoms with E-state index in [1.54, 1.807) is 13.8 Å². The Bertz CT molecular complexity index is 400. The smallest absolute Gasteiger partial charge is 0.219 e. The highest BCUT2D eigenvalue weighted by Gasteiger charge is 2.27. The van der Waals surface area contributed by atoms with Crippen LogP contribution >= 0.6 is 0 Å². The summed E-state index contributed by atoms with van der Waals surface area (Å²) in [6, 6.07) is 0. The first-order chi connectivity index (χ1) is 10.7. The molecule has 0 bridgehead atoms. The minimum absolute atomic E-state index is 0.0288. The fourth-order valence-corrected chi connectivity index (χ4v) is 2.27. The summed E-state index contributed by atoms with van der Waals surface area (Å²) in [6.45, 7) is 11.3. The molecule has 0 radical (unpaired) electrons. The van der Waals surface area contributed by atoms with Crippen LogP contribution in [0.15, 0.2) is 0 Å². The maximum Gasteiger partial charge on any atom is 0.219 e. The van der Waals surface area contributed by atoms with Crippen molar-refractivity contribution < 1.29 is 18.8 Å². The van der Waals surface area contributed by atoms with Crippen molar-refractivity contribution in [3.05, 3.63) is 0 Å². The lowest BCUT2D eigenvalue weighted by Crippen LogP contribution is -2.50. The summed E-state index contributed by atoms with van der Waals surface area (Å²) in [7, 11) is 0. The van der Waals surface area contributed by atoms with E-state index in [9.17, 15) is 18.8 Å². The van der Waals surface area contributed by atoms with Gasteiger partial charge in [-0.25, -0.2) is 4.39 Å². The molecule has 0 atom stereocenters. The van der Waals surface area contributed by atoms with Crippen molar-refractivity contribution in [2.75, 3.05) is 39.3 Å². The zero-order chi connectivity index (χ0) is 17.6. The van der Waals surface area contributed by atoms with E-state index < -0.39 is 6.17 Å². The molecule has 0 aliphatic carbocycles. The number of amides is 3. The van der Waals surface area contributed by atoms with E-state index in [0.29, 0.717) is 13.1 Å². The second-order valence-corrected chi connectivity index (χ2v) is 6.41. The Kier molecular flexibility index (Phi) is 7.45. The summed E-state index contributed by atoms with van der Waals surface area (Å²) < 4.78 is 11.9. The largest absolute Gasteiger partial charge is 0.343 e. The van der Waals surface area contributed by atoms with Gasteiger partial charge < -0.3 is 14.7 Å². The maximum absolute atomic E-state index is 11.9. The van der Waals surface area contributed by atoms with Gasteiger partial charge in [-0.2, -0.15) is 0 Å². The molecule has 3 aliphatic rings. The molecule has 0 unspecified atom stereocenters. The minimum Gasteiger partial charge on any atom is -0.343 e. The Morgan fingerprint density at radius 2 is 1.17 bits per heavy atom. The third kappa shape index (κ3) is 6.54. The summed E-state index contributed by atoms with van der Waals surface area (Å²) in [5, 5.41) is 0. The van der Waals surface area contributed by atoms with Crippen LogP contribution in [0.2, 0.25) is 0 Å². The van der Waals surface area contributed by atoms with Crippen molar-refractivity contribution >= 4 is 17.7 Å². The molecule has 3 heterocycles. The summed E-state index contributed by atoms with van der Waals surface area (Å²) in [6.07, 6.45) is 0.429. The molecule has 0 aromatic carbocycles. The number of carbonyl (C=O) groups is 3. The molecule has 7 heteroatoms. The van der Waals surface area contributed by atoms with Gasteiger partial charge in [0.05, 0.1) is 13.1 Å². The van der Waals surface area contributed by atoms with E-state index >= 15 is 0 Å². The first-order valence-corrected chi connectivity index (χ1v) is 8.11. The van der Waals surface area contributed by atoms with E-state index in [2.05, 4.69) is 6.92 Å². The zero-order valence-corrected chi connectivity index (χ0v) is 14.5. The van der Waals surface area contributed by atoms with Crippen LogP contribution in [0, 0.1) is 5.92 Å². The van der Waals surface area contributed by atoms with Crippen LogP contribution in [0.3, 0.4) is 0 Å². The Morgan fingerprint density at radius 1 is 0.783 bits per heavy atom. The number of nitrogens with zero attached hydrogens (tertiary/aromatic N) is 3. The van der Waals surface area contributed by atoms with E-state index in [1.807, 2.05) is 9.80 Å². The third-order valence-electron chi connectivity index (χ3n) is 4.09. The van der Waals surface area contributed by atoms with E-state index in [1.165, 1.54) is 18.2 Å². The third-order valence-corrected chi connectivity index (χ3v) is 4.09. The monoisotopic (exact) mass is 329 g/mol. The topological polar surface area (TPSA) is 60.9 Å². The fourth-order valence-electron chi connectivity index (χ4n) is 2.27. The number of alkyl halides is 1. The average Bonchev–Trinajstić information content (AvgIpc) is 2.29. The van der Waals surface area contributed by atoms with Crippen molar-refractivity contribution in [3.63, 3.8) is 0 Å². The molecule has 0 saturated carbocycles. The molecule has 6 nitrogen and oxygen atoms in total. The van der Waals surface area contributed by atoms with Crippen molar-refractivity contribution in [2.45, 2.75) is 40.3 Å². The van der Waals surface area contributed by atoms with Crippen molar-refractivity contribution in [1.29, 1.82) is 0 Å². The number of likely N-dealkylation sites (tertiary alicyclic amines) is 3. The highest BCUT2D eigenvalue weighted by atomic mass is 19.1. The van der Waals surface area contributed by atoms with Gasteiger partial charge in [0, 0.05) is 47.0 Å². The molecule has 3 amide bonds. The number of halogens is 1.